The number of nitro benzene ring substituents is 1. The normalized spacial score (nSPS) is 11.2. The second kappa shape index (κ2) is 8.69. The molecule has 0 fully saturated rings. The Kier molecular flexibility index (Phi) is 6.94. The van der Waals surface area contributed by atoms with Crippen molar-refractivity contribution in [3.8, 4) is 6.07 Å². The van der Waals surface area contributed by atoms with E-state index in [0.29, 0.717) is 17.7 Å². The van der Waals surface area contributed by atoms with Gasteiger partial charge in [-0.2, -0.15) is 5.26 Å². The van der Waals surface area contributed by atoms with Gasteiger partial charge in [0.1, 0.15) is 11.6 Å². The van der Waals surface area contributed by atoms with Crippen LogP contribution in [0.2, 0.25) is 0 Å². The Morgan fingerprint density at radius 3 is 2.70 bits per heavy atom. The predicted molar refractivity (Wildman–Crippen MR) is 88.7 cm³/mol. The van der Waals surface area contributed by atoms with Crippen LogP contribution in [0.1, 0.15) is 50.7 Å². The molecule has 1 rings (SSSR count). The summed E-state index contributed by atoms with van der Waals surface area (Å²) in [5, 5.41) is 23.0. The quantitative estimate of drug-likeness (QED) is 0.273. The van der Waals surface area contributed by atoms with E-state index in [1.807, 2.05) is 26.8 Å². The van der Waals surface area contributed by atoms with E-state index in [4.69, 9.17) is 5.26 Å². The third-order valence-corrected chi connectivity index (χ3v) is 3.37. The van der Waals surface area contributed by atoms with E-state index in [-0.39, 0.29) is 17.2 Å². The molecule has 6 heteroatoms. The van der Waals surface area contributed by atoms with Gasteiger partial charge < -0.3 is 5.32 Å². The molecule has 6 nitrogen and oxygen atoms in total. The van der Waals surface area contributed by atoms with Gasteiger partial charge in [-0.15, -0.1) is 0 Å². The molecule has 0 aromatic heterocycles. The lowest BCUT2D eigenvalue weighted by atomic mass is 9.98. The standard InChI is InChI=1S/C17H21N3O3/c1-4-5-8-19-17(21)14(11-18)9-13-6-7-15(12(2)3)16(10-13)20(22)23/h6-7,9-10,12H,4-5,8H2,1-3H3,(H,19,21)/b14-9+. The Labute approximate surface area is 136 Å². The first kappa shape index (κ1) is 18.4. The maximum absolute atomic E-state index is 11.9. The van der Waals surface area contributed by atoms with Crippen LogP contribution in [0, 0.1) is 21.4 Å². The van der Waals surface area contributed by atoms with Gasteiger partial charge in [0.05, 0.1) is 4.92 Å². The fraction of sp³-hybridized carbons (Fsp3) is 0.412. The summed E-state index contributed by atoms with van der Waals surface area (Å²) >= 11 is 0. The number of amides is 1. The molecule has 122 valence electrons. The minimum absolute atomic E-state index is 0.00238. The molecule has 0 aliphatic rings. The Morgan fingerprint density at radius 1 is 1.48 bits per heavy atom. The monoisotopic (exact) mass is 315 g/mol. The van der Waals surface area contributed by atoms with Crippen molar-refractivity contribution in [1.82, 2.24) is 5.32 Å². The molecule has 1 aromatic carbocycles. The van der Waals surface area contributed by atoms with Crippen molar-refractivity contribution in [2.45, 2.75) is 39.5 Å². The van der Waals surface area contributed by atoms with Crippen molar-refractivity contribution in [3.05, 3.63) is 45.0 Å². The molecule has 0 spiro atoms. The van der Waals surface area contributed by atoms with Gasteiger partial charge in [0.25, 0.3) is 11.6 Å². The van der Waals surface area contributed by atoms with E-state index in [2.05, 4.69) is 5.32 Å². The van der Waals surface area contributed by atoms with Crippen LogP contribution in [0.3, 0.4) is 0 Å². The molecule has 0 atom stereocenters. The lowest BCUT2D eigenvalue weighted by Crippen LogP contribution is -2.25. The van der Waals surface area contributed by atoms with Gasteiger partial charge >= 0.3 is 0 Å². The number of nitrogens with zero attached hydrogens (tertiary/aromatic N) is 2. The Hall–Kier alpha value is -2.68. The van der Waals surface area contributed by atoms with Crippen LogP contribution in [0.25, 0.3) is 6.08 Å². The van der Waals surface area contributed by atoms with Crippen molar-refractivity contribution in [3.63, 3.8) is 0 Å². The third kappa shape index (κ3) is 5.22. The second-order valence-electron chi connectivity index (χ2n) is 5.51. The molecule has 1 N–H and O–H groups in total. The Balaban J connectivity index is 3.09. The van der Waals surface area contributed by atoms with Crippen molar-refractivity contribution in [2.75, 3.05) is 6.54 Å². The molecule has 0 radical (unpaired) electrons. The van der Waals surface area contributed by atoms with Gasteiger partial charge in [-0.25, -0.2) is 0 Å². The number of nitrogens with one attached hydrogen (secondary N) is 1. The maximum Gasteiger partial charge on any atom is 0.273 e. The highest BCUT2D eigenvalue weighted by Gasteiger charge is 2.17. The molecule has 0 aliphatic heterocycles. The number of hydrogen-bond donors (Lipinski definition) is 1. The van der Waals surface area contributed by atoms with Crippen LogP contribution in [0.4, 0.5) is 5.69 Å². The molecule has 0 bridgehead atoms. The van der Waals surface area contributed by atoms with Gasteiger partial charge in [-0.05, 0) is 24.0 Å². The van der Waals surface area contributed by atoms with Gasteiger partial charge in [0.2, 0.25) is 0 Å². The summed E-state index contributed by atoms with van der Waals surface area (Å²) in [6.07, 6.45) is 3.14. The molecule has 0 aliphatic carbocycles. The van der Waals surface area contributed by atoms with E-state index in [0.717, 1.165) is 12.8 Å². The lowest BCUT2D eigenvalue weighted by molar-refractivity contribution is -0.385. The Bertz CT molecular complexity index is 658. The van der Waals surface area contributed by atoms with E-state index < -0.39 is 10.8 Å². The molecule has 0 saturated carbocycles. The summed E-state index contributed by atoms with van der Waals surface area (Å²) < 4.78 is 0. The summed E-state index contributed by atoms with van der Waals surface area (Å²) in [5.74, 6) is -0.447. The van der Waals surface area contributed by atoms with Gasteiger partial charge in [-0.1, -0.05) is 39.3 Å². The molecular formula is C17H21N3O3. The summed E-state index contributed by atoms with van der Waals surface area (Å²) in [6.45, 7) is 6.25. The topological polar surface area (TPSA) is 96.0 Å². The molecule has 1 aromatic rings. The highest BCUT2D eigenvalue weighted by atomic mass is 16.6. The highest BCUT2D eigenvalue weighted by molar-refractivity contribution is 6.01. The fourth-order valence-corrected chi connectivity index (χ4v) is 2.09. The summed E-state index contributed by atoms with van der Waals surface area (Å²) in [4.78, 5) is 22.6. The highest BCUT2D eigenvalue weighted by Crippen LogP contribution is 2.28. The first-order valence-corrected chi connectivity index (χ1v) is 7.59. The molecule has 1 amide bonds. The van der Waals surface area contributed by atoms with Crippen LogP contribution in [0.5, 0.6) is 0 Å². The van der Waals surface area contributed by atoms with Crippen LogP contribution in [-0.2, 0) is 4.79 Å². The van der Waals surface area contributed by atoms with E-state index in [1.165, 1.54) is 12.1 Å². The number of benzene rings is 1. The summed E-state index contributed by atoms with van der Waals surface area (Å²) in [7, 11) is 0. The lowest BCUT2D eigenvalue weighted by Gasteiger charge is -2.07. The minimum Gasteiger partial charge on any atom is -0.351 e. The van der Waals surface area contributed by atoms with Gasteiger partial charge in [0, 0.05) is 18.2 Å². The summed E-state index contributed by atoms with van der Waals surface area (Å²) in [6, 6.07) is 6.58. The van der Waals surface area contributed by atoms with E-state index in [9.17, 15) is 14.9 Å². The first-order valence-electron chi connectivity index (χ1n) is 7.59. The number of carbonyl (C=O) groups excluding carboxylic acids is 1. The maximum atomic E-state index is 11.9. The zero-order chi connectivity index (χ0) is 17.4. The minimum atomic E-state index is -0.462. The van der Waals surface area contributed by atoms with E-state index in [1.54, 1.807) is 12.1 Å². The predicted octanol–water partition coefficient (Wildman–Crippen LogP) is 3.54. The van der Waals surface area contributed by atoms with Crippen LogP contribution < -0.4 is 5.32 Å². The zero-order valence-electron chi connectivity index (χ0n) is 13.6. The smallest absolute Gasteiger partial charge is 0.273 e. The zero-order valence-corrected chi connectivity index (χ0v) is 13.6. The molecule has 0 saturated heterocycles. The average Bonchev–Trinajstić information content (AvgIpc) is 2.52. The Morgan fingerprint density at radius 2 is 2.17 bits per heavy atom. The van der Waals surface area contributed by atoms with E-state index >= 15 is 0 Å². The van der Waals surface area contributed by atoms with Crippen molar-refractivity contribution >= 4 is 17.7 Å². The van der Waals surface area contributed by atoms with Crippen molar-refractivity contribution in [1.29, 1.82) is 5.26 Å². The van der Waals surface area contributed by atoms with Crippen molar-refractivity contribution < 1.29 is 9.72 Å². The largest absolute Gasteiger partial charge is 0.351 e. The van der Waals surface area contributed by atoms with Crippen LogP contribution >= 0.6 is 0 Å². The number of nitro groups is 1. The SMILES string of the molecule is CCCCNC(=O)/C(C#N)=C/c1ccc(C(C)C)c([N+](=O)[O-])c1. The number of hydrogen-bond acceptors (Lipinski definition) is 4. The molecule has 23 heavy (non-hydrogen) atoms. The molecular weight excluding hydrogens is 294 g/mol. The van der Waals surface area contributed by atoms with Gasteiger partial charge in [-0.3, -0.25) is 14.9 Å². The van der Waals surface area contributed by atoms with Crippen LogP contribution in [0.15, 0.2) is 23.8 Å². The number of carbonyl (C=O) groups is 1. The average molecular weight is 315 g/mol. The van der Waals surface area contributed by atoms with Crippen LogP contribution in [-0.4, -0.2) is 17.4 Å². The van der Waals surface area contributed by atoms with Crippen molar-refractivity contribution in [2.24, 2.45) is 0 Å². The molecule has 0 unspecified atom stereocenters. The van der Waals surface area contributed by atoms with Gasteiger partial charge in [0.15, 0.2) is 0 Å². The first-order chi connectivity index (χ1) is 10.9. The third-order valence-electron chi connectivity index (χ3n) is 3.37. The fourth-order valence-electron chi connectivity index (χ4n) is 2.09. The number of unbranched alkanes of at least 4 members (excludes halogenated alkanes) is 1. The number of rotatable bonds is 7. The molecule has 0 heterocycles. The number of nitriles is 1. The second-order valence-corrected chi connectivity index (χ2v) is 5.51. The summed E-state index contributed by atoms with van der Waals surface area (Å²) in [5.41, 5.74) is 1.02.